The molecule has 0 saturated heterocycles. The Hall–Kier alpha value is -0.860. The number of aryl methyl sites for hydroxylation is 1. The van der Waals surface area contributed by atoms with E-state index in [0.717, 1.165) is 19.0 Å². The molecule has 1 aromatic rings. The largest absolute Gasteiger partial charge is 0.328 e. The molecule has 1 fully saturated rings. The Morgan fingerprint density at radius 3 is 2.15 bits per heavy atom. The second-order valence-electron chi connectivity index (χ2n) is 6.21. The number of nitrogens with zero attached hydrogens (tertiary/aromatic N) is 1. The molecule has 0 aliphatic heterocycles. The van der Waals surface area contributed by atoms with Crippen molar-refractivity contribution in [2.45, 2.75) is 71.0 Å². The highest BCUT2D eigenvalue weighted by molar-refractivity contribution is 5.22. The number of hydrogen-bond acceptors (Lipinski definition) is 2. The van der Waals surface area contributed by atoms with E-state index in [-0.39, 0.29) is 0 Å². The van der Waals surface area contributed by atoms with Crippen LogP contribution in [-0.4, -0.2) is 23.5 Å². The van der Waals surface area contributed by atoms with Crippen molar-refractivity contribution in [3.8, 4) is 0 Å². The van der Waals surface area contributed by atoms with Gasteiger partial charge in [0.05, 0.1) is 0 Å². The molecule has 0 amide bonds. The van der Waals surface area contributed by atoms with Gasteiger partial charge in [-0.15, -0.1) is 0 Å². The van der Waals surface area contributed by atoms with Gasteiger partial charge in [-0.3, -0.25) is 4.90 Å². The average Bonchev–Trinajstić information content (AvgIpc) is 2.48. The Bertz CT molecular complexity index is 377. The predicted molar refractivity (Wildman–Crippen MR) is 86.8 cm³/mol. The third kappa shape index (κ3) is 4.32. The van der Waals surface area contributed by atoms with Gasteiger partial charge in [0.15, 0.2) is 0 Å². The quantitative estimate of drug-likeness (QED) is 0.856. The Kier molecular flexibility index (Phi) is 6.06. The lowest BCUT2D eigenvalue weighted by atomic mass is 9.90. The zero-order chi connectivity index (χ0) is 14.4. The Balaban J connectivity index is 1.97. The van der Waals surface area contributed by atoms with Gasteiger partial charge in [-0.2, -0.15) is 0 Å². The van der Waals surface area contributed by atoms with Crippen LogP contribution in [0.4, 0.5) is 0 Å². The van der Waals surface area contributed by atoms with E-state index in [9.17, 15) is 0 Å². The summed E-state index contributed by atoms with van der Waals surface area (Å²) in [4.78, 5) is 2.67. The van der Waals surface area contributed by atoms with Crippen LogP contribution in [0.15, 0.2) is 24.3 Å². The first-order valence-electron chi connectivity index (χ1n) is 8.30. The van der Waals surface area contributed by atoms with Crippen LogP contribution in [0.25, 0.3) is 0 Å². The maximum absolute atomic E-state index is 6.04. The van der Waals surface area contributed by atoms with E-state index < -0.39 is 0 Å². The summed E-state index contributed by atoms with van der Waals surface area (Å²) in [6.45, 7) is 6.79. The van der Waals surface area contributed by atoms with Crippen molar-refractivity contribution >= 4 is 0 Å². The van der Waals surface area contributed by atoms with E-state index in [1.54, 1.807) is 0 Å². The molecular formula is C18H30N2. The van der Waals surface area contributed by atoms with Crippen LogP contribution in [0.1, 0.15) is 57.1 Å². The van der Waals surface area contributed by atoms with Crippen LogP contribution in [-0.2, 0) is 13.0 Å². The summed E-state index contributed by atoms with van der Waals surface area (Å²) in [6, 6.07) is 10.3. The van der Waals surface area contributed by atoms with E-state index in [1.807, 2.05) is 0 Å². The lowest BCUT2D eigenvalue weighted by Crippen LogP contribution is -2.40. The molecule has 0 atom stereocenters. The van der Waals surface area contributed by atoms with Crippen LogP contribution in [0.5, 0.6) is 0 Å². The molecule has 2 heteroatoms. The summed E-state index contributed by atoms with van der Waals surface area (Å²) in [5, 5.41) is 0. The summed E-state index contributed by atoms with van der Waals surface area (Å²) in [7, 11) is 0. The summed E-state index contributed by atoms with van der Waals surface area (Å²) < 4.78 is 0. The molecule has 0 spiro atoms. The first-order valence-corrected chi connectivity index (χ1v) is 8.30. The van der Waals surface area contributed by atoms with Gasteiger partial charge in [0.1, 0.15) is 0 Å². The normalized spacial score (nSPS) is 23.2. The van der Waals surface area contributed by atoms with E-state index in [2.05, 4.69) is 43.0 Å². The van der Waals surface area contributed by atoms with Crippen molar-refractivity contribution in [2.24, 2.45) is 5.73 Å². The van der Waals surface area contributed by atoms with Crippen molar-refractivity contribution in [1.82, 2.24) is 4.90 Å². The lowest BCUT2D eigenvalue weighted by molar-refractivity contribution is 0.142. The summed E-state index contributed by atoms with van der Waals surface area (Å²) in [5.41, 5.74) is 8.92. The van der Waals surface area contributed by atoms with Gasteiger partial charge in [-0.1, -0.05) is 38.1 Å². The number of nitrogens with two attached hydrogens (primary N) is 1. The molecule has 2 N–H and O–H groups in total. The minimum atomic E-state index is 0.443. The van der Waals surface area contributed by atoms with Crippen LogP contribution >= 0.6 is 0 Å². The van der Waals surface area contributed by atoms with E-state index in [4.69, 9.17) is 5.73 Å². The van der Waals surface area contributed by atoms with Crippen molar-refractivity contribution in [3.05, 3.63) is 35.4 Å². The number of hydrogen-bond donors (Lipinski definition) is 1. The maximum atomic E-state index is 6.04. The second kappa shape index (κ2) is 7.80. The number of rotatable bonds is 6. The smallest absolute Gasteiger partial charge is 0.0236 e. The fraction of sp³-hybridized carbons (Fsp3) is 0.667. The van der Waals surface area contributed by atoms with Gasteiger partial charge < -0.3 is 5.73 Å². The van der Waals surface area contributed by atoms with Crippen LogP contribution in [0, 0.1) is 0 Å². The van der Waals surface area contributed by atoms with Crippen LogP contribution in [0.3, 0.4) is 0 Å². The van der Waals surface area contributed by atoms with Gasteiger partial charge in [0.2, 0.25) is 0 Å². The van der Waals surface area contributed by atoms with E-state index >= 15 is 0 Å². The third-order valence-corrected chi connectivity index (χ3v) is 4.59. The Labute approximate surface area is 124 Å². The lowest BCUT2D eigenvalue weighted by Gasteiger charge is -2.36. The molecule has 1 aliphatic rings. The third-order valence-electron chi connectivity index (χ3n) is 4.59. The highest BCUT2D eigenvalue weighted by Crippen LogP contribution is 2.24. The topological polar surface area (TPSA) is 29.3 Å². The fourth-order valence-electron chi connectivity index (χ4n) is 3.26. The minimum Gasteiger partial charge on any atom is -0.328 e. The molecule has 0 radical (unpaired) electrons. The molecule has 0 heterocycles. The molecule has 2 rings (SSSR count). The average molecular weight is 274 g/mol. The maximum Gasteiger partial charge on any atom is 0.0236 e. The first kappa shape index (κ1) is 15.5. The molecule has 0 bridgehead atoms. The Morgan fingerprint density at radius 1 is 1.00 bits per heavy atom. The van der Waals surface area contributed by atoms with Crippen molar-refractivity contribution < 1.29 is 0 Å². The predicted octanol–water partition coefficient (Wildman–Crippen LogP) is 3.73. The van der Waals surface area contributed by atoms with Crippen molar-refractivity contribution in [1.29, 1.82) is 0 Å². The monoisotopic (exact) mass is 274 g/mol. The fourth-order valence-corrected chi connectivity index (χ4v) is 3.26. The SMILES string of the molecule is CCCN(Cc1ccc(CC)cc1)C1CCC(N)CC1. The van der Waals surface area contributed by atoms with Gasteiger partial charge in [0.25, 0.3) is 0 Å². The minimum absolute atomic E-state index is 0.443. The van der Waals surface area contributed by atoms with Gasteiger partial charge in [0, 0.05) is 18.6 Å². The molecule has 1 aromatic carbocycles. The molecule has 1 aliphatic carbocycles. The standard InChI is InChI=1S/C18H30N2/c1-3-13-20(18-11-9-17(19)10-12-18)14-16-7-5-15(4-2)6-8-16/h5-8,17-18H,3-4,9-14,19H2,1-2H3. The molecule has 0 aromatic heterocycles. The highest BCUT2D eigenvalue weighted by atomic mass is 15.2. The molecule has 1 saturated carbocycles. The van der Waals surface area contributed by atoms with Crippen molar-refractivity contribution in [3.63, 3.8) is 0 Å². The van der Waals surface area contributed by atoms with E-state index in [1.165, 1.54) is 49.8 Å². The van der Waals surface area contributed by atoms with Crippen LogP contribution in [0.2, 0.25) is 0 Å². The molecular weight excluding hydrogens is 244 g/mol. The van der Waals surface area contributed by atoms with Gasteiger partial charge in [-0.25, -0.2) is 0 Å². The number of benzene rings is 1. The molecule has 112 valence electrons. The first-order chi connectivity index (χ1) is 9.72. The van der Waals surface area contributed by atoms with E-state index in [0.29, 0.717) is 6.04 Å². The molecule has 20 heavy (non-hydrogen) atoms. The zero-order valence-corrected chi connectivity index (χ0v) is 13.1. The molecule has 0 unspecified atom stereocenters. The Morgan fingerprint density at radius 2 is 1.60 bits per heavy atom. The van der Waals surface area contributed by atoms with Crippen molar-refractivity contribution in [2.75, 3.05) is 6.54 Å². The highest BCUT2D eigenvalue weighted by Gasteiger charge is 2.23. The summed E-state index contributed by atoms with van der Waals surface area (Å²) >= 11 is 0. The van der Waals surface area contributed by atoms with Gasteiger partial charge in [-0.05, 0) is 56.2 Å². The zero-order valence-electron chi connectivity index (χ0n) is 13.1. The second-order valence-corrected chi connectivity index (χ2v) is 6.21. The van der Waals surface area contributed by atoms with Crippen LogP contribution < -0.4 is 5.73 Å². The molecule has 2 nitrogen and oxygen atoms in total. The van der Waals surface area contributed by atoms with Gasteiger partial charge >= 0.3 is 0 Å². The summed E-state index contributed by atoms with van der Waals surface area (Å²) in [6.07, 6.45) is 7.29. The summed E-state index contributed by atoms with van der Waals surface area (Å²) in [5.74, 6) is 0.